The molecular weight excluding hydrogens is 538 g/mol. The molecule has 4 aromatic rings. The summed E-state index contributed by atoms with van der Waals surface area (Å²) in [5.74, 6) is 1.33. The zero-order chi connectivity index (χ0) is 28.0. The van der Waals surface area contributed by atoms with Crippen LogP contribution < -0.4 is 24.4 Å². The number of hydrogen-bond acceptors (Lipinski definition) is 10. The third kappa shape index (κ3) is 4.37. The van der Waals surface area contributed by atoms with Crippen LogP contribution in [0.3, 0.4) is 0 Å². The van der Waals surface area contributed by atoms with Crippen molar-refractivity contribution in [2.24, 2.45) is 4.99 Å². The first-order chi connectivity index (χ1) is 19.3. The highest BCUT2D eigenvalue weighted by molar-refractivity contribution is 7.07. The maximum atomic E-state index is 13.8. The van der Waals surface area contributed by atoms with E-state index in [1.807, 2.05) is 0 Å². The van der Waals surface area contributed by atoms with E-state index >= 15 is 0 Å². The number of fused-ring (bicyclic) bond motifs is 2. The third-order valence-electron chi connectivity index (χ3n) is 6.47. The molecule has 0 spiro atoms. The van der Waals surface area contributed by atoms with Gasteiger partial charge in [0.15, 0.2) is 16.3 Å². The first-order valence-electron chi connectivity index (χ1n) is 12.3. The number of rotatable bonds is 6. The summed E-state index contributed by atoms with van der Waals surface area (Å²) >= 11 is 1.16. The fourth-order valence-electron chi connectivity index (χ4n) is 4.68. The molecule has 0 saturated carbocycles. The van der Waals surface area contributed by atoms with E-state index in [4.69, 9.17) is 18.6 Å². The van der Waals surface area contributed by atoms with Crippen LogP contribution in [0.25, 0.3) is 17.4 Å². The number of furan rings is 1. The van der Waals surface area contributed by atoms with Gasteiger partial charge < -0.3 is 18.6 Å². The molecule has 0 radical (unpaired) electrons. The predicted molar refractivity (Wildman–Crippen MR) is 144 cm³/mol. The van der Waals surface area contributed by atoms with Gasteiger partial charge in [0.25, 0.3) is 11.2 Å². The van der Waals surface area contributed by atoms with E-state index in [1.165, 1.54) is 16.7 Å². The molecular formula is C28H21N3O8S. The minimum atomic E-state index is -0.802. The van der Waals surface area contributed by atoms with Crippen molar-refractivity contribution < 1.29 is 28.3 Å². The number of benzene rings is 2. The van der Waals surface area contributed by atoms with Crippen molar-refractivity contribution in [2.45, 2.75) is 19.9 Å². The molecule has 1 atom stereocenters. The minimum absolute atomic E-state index is 0.0555. The molecule has 4 heterocycles. The molecule has 0 unspecified atom stereocenters. The molecule has 11 nitrogen and oxygen atoms in total. The average molecular weight is 560 g/mol. The molecule has 0 aliphatic carbocycles. The second kappa shape index (κ2) is 9.97. The fourth-order valence-corrected chi connectivity index (χ4v) is 5.70. The van der Waals surface area contributed by atoms with E-state index in [1.54, 1.807) is 62.4 Å². The summed E-state index contributed by atoms with van der Waals surface area (Å²) in [5.41, 5.74) is 1.45. The van der Waals surface area contributed by atoms with Crippen molar-refractivity contribution in [1.82, 2.24) is 4.57 Å². The number of esters is 1. The molecule has 6 rings (SSSR count). The Labute approximate surface area is 230 Å². The van der Waals surface area contributed by atoms with Crippen molar-refractivity contribution in [3.8, 4) is 22.8 Å². The Morgan fingerprint density at radius 3 is 2.83 bits per heavy atom. The summed E-state index contributed by atoms with van der Waals surface area (Å²) in [4.78, 5) is 42.5. The second-order valence-electron chi connectivity index (χ2n) is 8.92. The Hall–Kier alpha value is -4.97. The fraction of sp³-hybridized carbons (Fsp3) is 0.179. The number of aromatic nitrogens is 1. The monoisotopic (exact) mass is 559 g/mol. The lowest BCUT2D eigenvalue weighted by Crippen LogP contribution is -2.39. The summed E-state index contributed by atoms with van der Waals surface area (Å²) in [6, 6.07) is 13.9. The zero-order valence-corrected chi connectivity index (χ0v) is 22.1. The highest BCUT2D eigenvalue weighted by Gasteiger charge is 2.34. The van der Waals surface area contributed by atoms with E-state index in [0.29, 0.717) is 49.2 Å². The van der Waals surface area contributed by atoms with Gasteiger partial charge in [0.2, 0.25) is 6.79 Å². The summed E-state index contributed by atoms with van der Waals surface area (Å²) in [5, 5.41) is 11.2. The summed E-state index contributed by atoms with van der Waals surface area (Å²) < 4.78 is 24.0. The number of nitro groups is 1. The van der Waals surface area contributed by atoms with Gasteiger partial charge in [-0.1, -0.05) is 29.5 Å². The third-order valence-corrected chi connectivity index (χ3v) is 7.45. The van der Waals surface area contributed by atoms with E-state index in [9.17, 15) is 19.7 Å². The minimum Gasteiger partial charge on any atom is -0.463 e. The molecule has 202 valence electrons. The summed E-state index contributed by atoms with van der Waals surface area (Å²) in [7, 11) is 0. The average Bonchev–Trinajstić information content (AvgIpc) is 3.67. The Kier molecular flexibility index (Phi) is 6.31. The van der Waals surface area contributed by atoms with E-state index in [2.05, 4.69) is 4.99 Å². The summed E-state index contributed by atoms with van der Waals surface area (Å²) in [6.45, 7) is 3.67. The number of allylic oxidation sites excluding steroid dienone is 1. The van der Waals surface area contributed by atoms with Crippen molar-refractivity contribution >= 4 is 29.1 Å². The maximum Gasteiger partial charge on any atom is 0.338 e. The van der Waals surface area contributed by atoms with E-state index in [0.717, 1.165) is 11.3 Å². The van der Waals surface area contributed by atoms with Gasteiger partial charge in [-0.25, -0.2) is 9.79 Å². The molecule has 2 aromatic heterocycles. The first-order valence-corrected chi connectivity index (χ1v) is 13.1. The Morgan fingerprint density at radius 1 is 1.20 bits per heavy atom. The van der Waals surface area contributed by atoms with Crippen LogP contribution in [0.5, 0.6) is 11.5 Å². The molecule has 40 heavy (non-hydrogen) atoms. The largest absolute Gasteiger partial charge is 0.463 e. The highest BCUT2D eigenvalue weighted by Crippen LogP contribution is 2.38. The van der Waals surface area contributed by atoms with Crippen LogP contribution >= 0.6 is 11.3 Å². The molecule has 12 heteroatoms. The molecule has 0 N–H and O–H groups in total. The summed E-state index contributed by atoms with van der Waals surface area (Å²) in [6.07, 6.45) is 1.59. The standard InChI is InChI=1S/C28H21N3O8S/c1-3-36-27(33)24-15(2)29-28-30(25(24)17-7-9-21-22(12-17)38-14-37-21)26(32)23(40-28)13-19-8-10-20(39-19)16-5-4-6-18(11-16)31(34)35/h4-13,25H,3,14H2,1-2H3/b23-13-/t25-/m0/s1. The number of thiazole rings is 1. The van der Waals surface area contributed by atoms with E-state index in [-0.39, 0.29) is 30.2 Å². The Balaban J connectivity index is 1.46. The van der Waals surface area contributed by atoms with Crippen LogP contribution in [0.2, 0.25) is 0 Å². The van der Waals surface area contributed by atoms with Gasteiger partial charge in [-0.05, 0) is 43.7 Å². The second-order valence-corrected chi connectivity index (χ2v) is 9.93. The lowest BCUT2D eigenvalue weighted by Gasteiger charge is -2.24. The van der Waals surface area contributed by atoms with Crippen molar-refractivity contribution in [3.05, 3.63) is 107 Å². The zero-order valence-electron chi connectivity index (χ0n) is 21.3. The van der Waals surface area contributed by atoms with Crippen LogP contribution in [-0.4, -0.2) is 28.9 Å². The van der Waals surface area contributed by atoms with Gasteiger partial charge in [-0.2, -0.15) is 0 Å². The number of hydrogen-bond donors (Lipinski definition) is 0. The molecule has 2 aliphatic heterocycles. The van der Waals surface area contributed by atoms with Crippen LogP contribution in [0.15, 0.2) is 80.1 Å². The van der Waals surface area contributed by atoms with Crippen LogP contribution in [0, 0.1) is 10.1 Å². The van der Waals surface area contributed by atoms with Gasteiger partial charge in [0.1, 0.15) is 11.5 Å². The van der Waals surface area contributed by atoms with Gasteiger partial charge in [0.05, 0.1) is 33.4 Å². The van der Waals surface area contributed by atoms with Crippen molar-refractivity contribution in [3.63, 3.8) is 0 Å². The number of non-ortho nitro benzene ring substituents is 1. The molecule has 0 bridgehead atoms. The van der Waals surface area contributed by atoms with Crippen LogP contribution in [-0.2, 0) is 9.53 Å². The Bertz CT molecular complexity index is 1900. The van der Waals surface area contributed by atoms with E-state index < -0.39 is 16.9 Å². The molecule has 0 fully saturated rings. The SMILES string of the molecule is CCOC(=O)C1=C(C)N=c2s/c(=C\c3ccc(-c4cccc([N+](=O)[O-])c4)o3)c(=O)n2[C@H]1c1ccc2c(c1)OCO2. The van der Waals surface area contributed by atoms with Gasteiger partial charge in [0, 0.05) is 23.8 Å². The lowest BCUT2D eigenvalue weighted by atomic mass is 9.95. The topological polar surface area (TPSA) is 135 Å². The lowest BCUT2D eigenvalue weighted by molar-refractivity contribution is -0.384. The number of carbonyl (C=O) groups excluding carboxylic acids is 1. The smallest absolute Gasteiger partial charge is 0.338 e. The molecule has 0 amide bonds. The number of nitrogens with zero attached hydrogens (tertiary/aromatic N) is 3. The van der Waals surface area contributed by atoms with Crippen molar-refractivity contribution in [2.75, 3.05) is 13.4 Å². The van der Waals surface area contributed by atoms with Crippen molar-refractivity contribution in [1.29, 1.82) is 0 Å². The molecule has 0 saturated heterocycles. The van der Waals surface area contributed by atoms with Crippen LogP contribution in [0.1, 0.15) is 31.2 Å². The maximum absolute atomic E-state index is 13.8. The van der Waals surface area contributed by atoms with Crippen LogP contribution in [0.4, 0.5) is 5.69 Å². The normalized spacial score (nSPS) is 16.1. The quantitative estimate of drug-likeness (QED) is 0.198. The number of carbonyl (C=O) groups is 1. The Morgan fingerprint density at radius 2 is 2.02 bits per heavy atom. The molecule has 2 aliphatic rings. The number of nitro benzene ring substituents is 1. The predicted octanol–water partition coefficient (Wildman–Crippen LogP) is 3.70. The van der Waals surface area contributed by atoms with Gasteiger partial charge in [-0.15, -0.1) is 0 Å². The molecule has 2 aromatic carbocycles. The van der Waals surface area contributed by atoms with Gasteiger partial charge >= 0.3 is 5.97 Å². The highest BCUT2D eigenvalue weighted by atomic mass is 32.1. The number of ether oxygens (including phenoxy) is 3. The van der Waals surface area contributed by atoms with Gasteiger partial charge in [-0.3, -0.25) is 19.5 Å². The first kappa shape index (κ1) is 25.3.